The molecular formula is C14H20O7. The standard InChI is InChI=1S/C14H20O7/c1-20-14(19)12(17)11(16)10(8-15)21-13(14,18)7-9-5-3-2-4-6-9/h2-6,10-12,15-19H,7-8H2,1H3/t10-,11-,12+,13+,14+/m1/s1. The van der Waals surface area contributed by atoms with Gasteiger partial charge in [-0.3, -0.25) is 0 Å². The van der Waals surface area contributed by atoms with Gasteiger partial charge in [-0.05, 0) is 5.56 Å². The lowest BCUT2D eigenvalue weighted by molar-refractivity contribution is -0.452. The minimum Gasteiger partial charge on any atom is -0.394 e. The van der Waals surface area contributed by atoms with E-state index in [1.807, 2.05) is 0 Å². The summed E-state index contributed by atoms with van der Waals surface area (Å²) in [6.45, 7) is -0.630. The number of methoxy groups -OCH3 is 1. The summed E-state index contributed by atoms with van der Waals surface area (Å²) in [7, 11) is 1.08. The van der Waals surface area contributed by atoms with Gasteiger partial charge in [0.15, 0.2) is 0 Å². The van der Waals surface area contributed by atoms with Gasteiger partial charge in [0.2, 0.25) is 5.79 Å². The maximum absolute atomic E-state index is 10.7. The Hall–Kier alpha value is -1.06. The van der Waals surface area contributed by atoms with Crippen LogP contribution >= 0.6 is 0 Å². The van der Waals surface area contributed by atoms with Crippen molar-refractivity contribution in [2.45, 2.75) is 36.3 Å². The summed E-state index contributed by atoms with van der Waals surface area (Å²) < 4.78 is 10.1. The van der Waals surface area contributed by atoms with Crippen LogP contribution in [-0.4, -0.2) is 69.1 Å². The van der Waals surface area contributed by atoms with E-state index in [1.54, 1.807) is 30.3 Å². The third-order valence-electron chi connectivity index (χ3n) is 3.79. The minimum absolute atomic E-state index is 0.196. The molecule has 1 fully saturated rings. The summed E-state index contributed by atoms with van der Waals surface area (Å²) in [6.07, 6.45) is -4.89. The quantitative estimate of drug-likeness (QED) is 0.423. The Labute approximate surface area is 122 Å². The van der Waals surface area contributed by atoms with Gasteiger partial charge in [-0.15, -0.1) is 0 Å². The van der Waals surface area contributed by atoms with Gasteiger partial charge < -0.3 is 35.0 Å². The Kier molecular flexibility index (Phi) is 4.64. The molecule has 1 aromatic rings. The summed E-state index contributed by atoms with van der Waals surface area (Å²) in [4.78, 5) is 0. The minimum atomic E-state index is -2.53. The van der Waals surface area contributed by atoms with Crippen LogP contribution in [-0.2, 0) is 15.9 Å². The van der Waals surface area contributed by atoms with E-state index in [9.17, 15) is 25.5 Å². The van der Waals surface area contributed by atoms with Crippen molar-refractivity contribution in [2.24, 2.45) is 0 Å². The molecule has 1 saturated heterocycles. The monoisotopic (exact) mass is 300 g/mol. The Morgan fingerprint density at radius 2 is 1.81 bits per heavy atom. The average Bonchev–Trinajstić information content (AvgIpc) is 2.50. The van der Waals surface area contributed by atoms with Crippen LogP contribution in [0.4, 0.5) is 0 Å². The summed E-state index contributed by atoms with van der Waals surface area (Å²) in [5.74, 6) is -4.86. The SMILES string of the molecule is CO[C@@]1(O)[C@@H](O)[C@H](O)[C@@H](CO)O[C@@]1(O)Cc1ccccc1. The van der Waals surface area contributed by atoms with E-state index in [4.69, 9.17) is 9.47 Å². The molecule has 0 saturated carbocycles. The molecule has 7 nitrogen and oxygen atoms in total. The van der Waals surface area contributed by atoms with E-state index >= 15 is 0 Å². The number of rotatable bonds is 4. The van der Waals surface area contributed by atoms with Crippen molar-refractivity contribution in [2.75, 3.05) is 13.7 Å². The molecule has 2 rings (SSSR count). The lowest BCUT2D eigenvalue weighted by atomic mass is 9.85. The lowest BCUT2D eigenvalue weighted by Crippen LogP contribution is -2.74. The molecule has 1 aromatic carbocycles. The smallest absolute Gasteiger partial charge is 0.250 e. The fourth-order valence-corrected chi connectivity index (χ4v) is 2.54. The van der Waals surface area contributed by atoms with Gasteiger partial charge in [0.05, 0.1) is 6.61 Å². The zero-order valence-electron chi connectivity index (χ0n) is 11.6. The number of ether oxygens (including phenoxy) is 2. The van der Waals surface area contributed by atoms with Gasteiger partial charge in [-0.2, -0.15) is 0 Å². The molecule has 5 atom stereocenters. The van der Waals surface area contributed by atoms with Crippen LogP contribution in [0.5, 0.6) is 0 Å². The fourth-order valence-electron chi connectivity index (χ4n) is 2.54. The first kappa shape index (κ1) is 16.3. The van der Waals surface area contributed by atoms with Gasteiger partial charge in [0, 0.05) is 13.5 Å². The third-order valence-corrected chi connectivity index (χ3v) is 3.79. The van der Waals surface area contributed by atoms with Crippen molar-refractivity contribution in [1.29, 1.82) is 0 Å². The highest BCUT2D eigenvalue weighted by Gasteiger charge is 2.64. The molecule has 0 bridgehead atoms. The van der Waals surface area contributed by atoms with Crippen molar-refractivity contribution < 1.29 is 35.0 Å². The average molecular weight is 300 g/mol. The number of hydrogen-bond acceptors (Lipinski definition) is 7. The Morgan fingerprint density at radius 3 is 2.33 bits per heavy atom. The van der Waals surface area contributed by atoms with Crippen LogP contribution in [0.25, 0.3) is 0 Å². The summed E-state index contributed by atoms with van der Waals surface area (Å²) in [5.41, 5.74) is 0.621. The first-order valence-corrected chi connectivity index (χ1v) is 6.56. The normalized spacial score (nSPS) is 40.2. The zero-order chi connectivity index (χ0) is 15.7. The Balaban J connectivity index is 2.36. The zero-order valence-corrected chi connectivity index (χ0v) is 11.6. The van der Waals surface area contributed by atoms with Gasteiger partial charge in [0.1, 0.15) is 18.3 Å². The summed E-state index contributed by atoms with van der Waals surface area (Å²) in [6, 6.07) is 8.66. The van der Waals surface area contributed by atoms with Crippen molar-refractivity contribution in [3.05, 3.63) is 35.9 Å². The lowest BCUT2D eigenvalue weighted by Gasteiger charge is -2.51. The second-order valence-corrected chi connectivity index (χ2v) is 5.12. The first-order chi connectivity index (χ1) is 9.88. The number of aliphatic hydroxyl groups is 5. The van der Waals surface area contributed by atoms with Gasteiger partial charge in [-0.25, -0.2) is 0 Å². The van der Waals surface area contributed by atoms with Crippen molar-refractivity contribution >= 4 is 0 Å². The maximum atomic E-state index is 10.7. The Morgan fingerprint density at radius 1 is 1.19 bits per heavy atom. The molecule has 1 aliphatic heterocycles. The topological polar surface area (TPSA) is 120 Å². The van der Waals surface area contributed by atoms with Crippen LogP contribution in [0, 0.1) is 0 Å². The molecule has 118 valence electrons. The van der Waals surface area contributed by atoms with Gasteiger partial charge >= 0.3 is 0 Å². The maximum Gasteiger partial charge on any atom is 0.250 e. The molecule has 0 aliphatic carbocycles. The Bertz CT molecular complexity index is 468. The molecule has 0 radical (unpaired) electrons. The van der Waals surface area contributed by atoms with Crippen molar-refractivity contribution in [3.63, 3.8) is 0 Å². The molecule has 0 spiro atoms. The molecule has 21 heavy (non-hydrogen) atoms. The first-order valence-electron chi connectivity index (χ1n) is 6.56. The molecule has 7 heteroatoms. The number of benzene rings is 1. The number of aliphatic hydroxyl groups excluding tert-OH is 3. The predicted molar refractivity (Wildman–Crippen MR) is 71.0 cm³/mol. The number of hydrogen-bond donors (Lipinski definition) is 5. The van der Waals surface area contributed by atoms with E-state index in [0.717, 1.165) is 7.11 Å². The van der Waals surface area contributed by atoms with Gasteiger partial charge in [0.25, 0.3) is 5.79 Å². The van der Waals surface area contributed by atoms with E-state index in [-0.39, 0.29) is 6.42 Å². The van der Waals surface area contributed by atoms with Crippen LogP contribution < -0.4 is 0 Å². The van der Waals surface area contributed by atoms with Crippen LogP contribution in [0.15, 0.2) is 30.3 Å². The van der Waals surface area contributed by atoms with E-state index in [0.29, 0.717) is 5.56 Å². The van der Waals surface area contributed by atoms with Crippen molar-refractivity contribution in [3.8, 4) is 0 Å². The van der Waals surface area contributed by atoms with Crippen LogP contribution in [0.1, 0.15) is 5.56 Å². The highest BCUT2D eigenvalue weighted by atomic mass is 16.7. The van der Waals surface area contributed by atoms with Crippen LogP contribution in [0.2, 0.25) is 0 Å². The third kappa shape index (κ3) is 2.69. The molecular weight excluding hydrogens is 280 g/mol. The second kappa shape index (κ2) is 5.98. The molecule has 1 aliphatic rings. The molecule has 0 amide bonds. The second-order valence-electron chi connectivity index (χ2n) is 5.12. The van der Waals surface area contributed by atoms with E-state index in [2.05, 4.69) is 0 Å². The highest BCUT2D eigenvalue weighted by Crippen LogP contribution is 2.39. The summed E-state index contributed by atoms with van der Waals surface area (Å²) in [5, 5.41) is 50.1. The van der Waals surface area contributed by atoms with E-state index in [1.165, 1.54) is 0 Å². The molecule has 1 heterocycles. The molecule has 5 N–H and O–H groups in total. The van der Waals surface area contributed by atoms with Gasteiger partial charge in [-0.1, -0.05) is 30.3 Å². The van der Waals surface area contributed by atoms with Crippen molar-refractivity contribution in [1.82, 2.24) is 0 Å². The van der Waals surface area contributed by atoms with E-state index < -0.39 is 36.5 Å². The fraction of sp³-hybridized carbons (Fsp3) is 0.571. The molecule has 0 unspecified atom stereocenters. The largest absolute Gasteiger partial charge is 0.394 e. The highest BCUT2D eigenvalue weighted by molar-refractivity contribution is 5.18. The predicted octanol–water partition coefficient (Wildman–Crippen LogP) is -1.63. The summed E-state index contributed by atoms with van der Waals surface area (Å²) >= 11 is 0. The van der Waals surface area contributed by atoms with Crippen LogP contribution in [0.3, 0.4) is 0 Å². The molecule has 0 aromatic heterocycles.